The first-order valence-electron chi connectivity index (χ1n) is 7.33. The molecule has 0 spiro atoms. The summed E-state index contributed by atoms with van der Waals surface area (Å²) in [6.45, 7) is 4.00. The molecule has 0 atom stereocenters. The summed E-state index contributed by atoms with van der Waals surface area (Å²) < 4.78 is 33.0. The molecule has 7 heteroatoms. The Morgan fingerprint density at radius 1 is 1.12 bits per heavy atom. The highest BCUT2D eigenvalue weighted by molar-refractivity contribution is 7.89. The van der Waals surface area contributed by atoms with Gasteiger partial charge in [-0.15, -0.1) is 12.4 Å². The maximum absolute atomic E-state index is 12.5. The summed E-state index contributed by atoms with van der Waals surface area (Å²) in [5, 5.41) is 0. The zero-order valence-corrected chi connectivity index (χ0v) is 15.6. The van der Waals surface area contributed by atoms with E-state index in [2.05, 4.69) is 4.72 Å². The van der Waals surface area contributed by atoms with Crippen molar-refractivity contribution in [2.45, 2.75) is 25.2 Å². The molecule has 0 aliphatic rings. The third-order valence-electron chi connectivity index (χ3n) is 3.56. The third-order valence-corrected chi connectivity index (χ3v) is 5.03. The fourth-order valence-corrected chi connectivity index (χ4v) is 3.82. The van der Waals surface area contributed by atoms with Gasteiger partial charge in [-0.25, -0.2) is 13.1 Å². The molecule has 2 rings (SSSR count). The molecule has 2 aromatic carbocycles. The van der Waals surface area contributed by atoms with Crippen LogP contribution in [0.4, 0.5) is 5.69 Å². The Morgan fingerprint density at radius 3 is 2.33 bits per heavy atom. The number of anilines is 1. The van der Waals surface area contributed by atoms with Gasteiger partial charge in [0.15, 0.2) is 0 Å². The normalized spacial score (nSPS) is 11.0. The van der Waals surface area contributed by atoms with E-state index in [9.17, 15) is 8.42 Å². The summed E-state index contributed by atoms with van der Waals surface area (Å²) in [5.74, 6) is 0.385. The van der Waals surface area contributed by atoms with E-state index in [0.717, 1.165) is 16.7 Å². The Kier molecular flexibility index (Phi) is 7.08. The van der Waals surface area contributed by atoms with E-state index in [1.165, 1.54) is 7.11 Å². The van der Waals surface area contributed by atoms with Crippen molar-refractivity contribution in [1.82, 2.24) is 4.72 Å². The summed E-state index contributed by atoms with van der Waals surface area (Å²) in [6.07, 6.45) is 0.590. The number of nitrogens with one attached hydrogen (secondary N) is 1. The second-order valence-electron chi connectivity index (χ2n) is 5.50. The minimum absolute atomic E-state index is 0. The highest BCUT2D eigenvalue weighted by Gasteiger charge is 2.21. The summed E-state index contributed by atoms with van der Waals surface area (Å²) in [6, 6.07) is 10.9. The van der Waals surface area contributed by atoms with Crippen molar-refractivity contribution in [3.05, 3.63) is 53.1 Å². The van der Waals surface area contributed by atoms with Gasteiger partial charge < -0.3 is 10.5 Å². The lowest BCUT2D eigenvalue weighted by molar-refractivity contribution is 0.399. The maximum atomic E-state index is 12.5. The zero-order valence-electron chi connectivity index (χ0n) is 14.0. The number of nitrogens with two attached hydrogens (primary N) is 1. The van der Waals surface area contributed by atoms with Gasteiger partial charge in [0.05, 0.1) is 7.11 Å². The van der Waals surface area contributed by atoms with E-state index in [4.69, 9.17) is 10.5 Å². The molecular weight excluding hydrogens is 348 g/mol. The molecule has 0 saturated carbocycles. The molecule has 3 N–H and O–H groups in total. The van der Waals surface area contributed by atoms with Gasteiger partial charge in [-0.1, -0.05) is 18.2 Å². The van der Waals surface area contributed by atoms with Gasteiger partial charge in [0.1, 0.15) is 10.6 Å². The summed E-state index contributed by atoms with van der Waals surface area (Å²) >= 11 is 0. The van der Waals surface area contributed by atoms with E-state index in [0.29, 0.717) is 24.4 Å². The molecule has 0 unspecified atom stereocenters. The van der Waals surface area contributed by atoms with Crippen molar-refractivity contribution in [3.8, 4) is 5.75 Å². The first-order valence-corrected chi connectivity index (χ1v) is 8.81. The standard InChI is InChI=1S/C17H22N2O3S.ClH/c1-12-10-13(2)17(22-3)16(11-12)23(20,21)19-9-8-14-4-6-15(18)7-5-14;/h4-7,10-11,19H,8-9,18H2,1-3H3;1H. The fourth-order valence-electron chi connectivity index (χ4n) is 2.47. The number of benzene rings is 2. The molecule has 0 bridgehead atoms. The summed E-state index contributed by atoms with van der Waals surface area (Å²) in [7, 11) is -2.15. The smallest absolute Gasteiger partial charge is 0.244 e. The SMILES string of the molecule is COc1c(C)cc(C)cc1S(=O)(=O)NCCc1ccc(N)cc1.Cl. The molecule has 0 radical (unpaired) electrons. The molecule has 0 aromatic heterocycles. The van der Waals surface area contributed by atoms with Gasteiger partial charge in [0.2, 0.25) is 10.0 Å². The van der Waals surface area contributed by atoms with Crippen molar-refractivity contribution in [3.63, 3.8) is 0 Å². The lowest BCUT2D eigenvalue weighted by Gasteiger charge is -2.14. The Labute approximate surface area is 149 Å². The molecule has 0 amide bonds. The maximum Gasteiger partial charge on any atom is 0.244 e. The topological polar surface area (TPSA) is 81.4 Å². The van der Waals surface area contributed by atoms with Gasteiger partial charge >= 0.3 is 0 Å². The molecule has 0 fully saturated rings. The number of nitrogen functional groups attached to an aromatic ring is 1. The van der Waals surface area contributed by atoms with E-state index in [1.807, 2.05) is 32.0 Å². The number of rotatable bonds is 6. The van der Waals surface area contributed by atoms with Crippen LogP contribution in [0.15, 0.2) is 41.3 Å². The Morgan fingerprint density at radius 2 is 1.75 bits per heavy atom. The minimum Gasteiger partial charge on any atom is -0.495 e. The largest absolute Gasteiger partial charge is 0.495 e. The van der Waals surface area contributed by atoms with Crippen LogP contribution in [-0.2, 0) is 16.4 Å². The van der Waals surface area contributed by atoms with Crippen LogP contribution in [0, 0.1) is 13.8 Å². The van der Waals surface area contributed by atoms with Gasteiger partial charge in [-0.2, -0.15) is 0 Å². The van der Waals surface area contributed by atoms with Gasteiger partial charge in [0, 0.05) is 12.2 Å². The minimum atomic E-state index is -3.63. The second kappa shape index (κ2) is 8.37. The first kappa shape index (κ1) is 20.3. The van der Waals surface area contributed by atoms with Crippen molar-refractivity contribution < 1.29 is 13.2 Å². The van der Waals surface area contributed by atoms with Crippen LogP contribution < -0.4 is 15.2 Å². The molecular formula is C17H23ClN2O3S. The van der Waals surface area contributed by atoms with Crippen molar-refractivity contribution >= 4 is 28.1 Å². The van der Waals surface area contributed by atoms with Crippen LogP contribution in [0.3, 0.4) is 0 Å². The fraction of sp³-hybridized carbons (Fsp3) is 0.294. The Balaban J connectivity index is 0.00000288. The number of aryl methyl sites for hydroxylation is 2. The summed E-state index contributed by atoms with van der Waals surface area (Å²) in [5.41, 5.74) is 9.02. The summed E-state index contributed by atoms with van der Waals surface area (Å²) in [4.78, 5) is 0.176. The number of hydrogen-bond acceptors (Lipinski definition) is 4. The number of ether oxygens (including phenoxy) is 1. The Bertz CT molecular complexity index is 790. The van der Waals surface area contributed by atoms with Crippen LogP contribution in [0.1, 0.15) is 16.7 Å². The molecule has 0 heterocycles. The monoisotopic (exact) mass is 370 g/mol. The van der Waals surface area contributed by atoms with Crippen LogP contribution >= 0.6 is 12.4 Å². The van der Waals surface area contributed by atoms with Crippen molar-refractivity contribution in [2.75, 3.05) is 19.4 Å². The van der Waals surface area contributed by atoms with Crippen LogP contribution in [0.2, 0.25) is 0 Å². The lowest BCUT2D eigenvalue weighted by Crippen LogP contribution is -2.26. The highest BCUT2D eigenvalue weighted by Crippen LogP contribution is 2.28. The molecule has 0 aliphatic heterocycles. The zero-order chi connectivity index (χ0) is 17.0. The molecule has 5 nitrogen and oxygen atoms in total. The van der Waals surface area contributed by atoms with Crippen molar-refractivity contribution in [2.24, 2.45) is 0 Å². The molecule has 132 valence electrons. The number of methoxy groups -OCH3 is 1. The predicted octanol–water partition coefficient (Wildman–Crippen LogP) is 2.84. The van der Waals surface area contributed by atoms with E-state index in [1.54, 1.807) is 18.2 Å². The number of sulfonamides is 1. The number of halogens is 1. The average Bonchev–Trinajstić information content (AvgIpc) is 2.48. The quantitative estimate of drug-likeness (QED) is 0.766. The van der Waals surface area contributed by atoms with E-state index < -0.39 is 10.0 Å². The van der Waals surface area contributed by atoms with Crippen molar-refractivity contribution in [1.29, 1.82) is 0 Å². The average molecular weight is 371 g/mol. The van der Waals surface area contributed by atoms with Gasteiger partial charge in [-0.3, -0.25) is 0 Å². The molecule has 0 aliphatic carbocycles. The van der Waals surface area contributed by atoms with Crippen LogP contribution in [0.5, 0.6) is 5.75 Å². The predicted molar refractivity (Wildman–Crippen MR) is 99.5 cm³/mol. The second-order valence-corrected chi connectivity index (χ2v) is 7.24. The van der Waals surface area contributed by atoms with E-state index in [-0.39, 0.29) is 17.3 Å². The molecule has 0 saturated heterocycles. The van der Waals surface area contributed by atoms with Crippen LogP contribution in [-0.4, -0.2) is 22.1 Å². The lowest BCUT2D eigenvalue weighted by atomic mass is 10.1. The first-order chi connectivity index (χ1) is 10.8. The van der Waals surface area contributed by atoms with Gasteiger partial charge in [-0.05, 0) is 55.2 Å². The Hall–Kier alpha value is -1.76. The molecule has 2 aromatic rings. The third kappa shape index (κ3) is 4.87. The highest BCUT2D eigenvalue weighted by atomic mass is 35.5. The molecule has 24 heavy (non-hydrogen) atoms. The van der Waals surface area contributed by atoms with Gasteiger partial charge in [0.25, 0.3) is 0 Å². The van der Waals surface area contributed by atoms with Crippen LogP contribution in [0.25, 0.3) is 0 Å². The number of hydrogen-bond donors (Lipinski definition) is 2. The van der Waals surface area contributed by atoms with E-state index >= 15 is 0 Å².